The van der Waals surface area contributed by atoms with E-state index in [0.717, 1.165) is 18.5 Å². The van der Waals surface area contributed by atoms with E-state index in [-0.39, 0.29) is 0 Å². The molecule has 63 heavy (non-hydrogen) atoms. The van der Waals surface area contributed by atoms with Crippen LogP contribution < -0.4 is 0 Å². The van der Waals surface area contributed by atoms with E-state index in [2.05, 4.69) is 205 Å². The molecular formula is C60H37NS2. The lowest BCUT2D eigenvalue weighted by Crippen LogP contribution is -1.94. The molecule has 0 fully saturated rings. The first-order valence-corrected chi connectivity index (χ1v) is 23.5. The number of aromatic nitrogens is 1. The van der Waals surface area contributed by atoms with Crippen LogP contribution in [-0.2, 0) is 6.42 Å². The SMILES string of the molecule is C1=Cc2c(sc3c(-c4ccc5c(c4)c4cc(-c6cccc7c6sc6ccccc67)ccc4n5-c4cccc(-c5ccc6c7ccccc7c7ccccc7c6c5)c4)cccc23)CC1. The largest absolute Gasteiger partial charge is 0.309 e. The monoisotopic (exact) mass is 835 g/mol. The quantitative estimate of drug-likeness (QED) is 0.156. The molecule has 0 aliphatic heterocycles. The van der Waals surface area contributed by atoms with Crippen LogP contribution in [0, 0.1) is 0 Å². The highest BCUT2D eigenvalue weighted by molar-refractivity contribution is 7.26. The van der Waals surface area contributed by atoms with E-state index in [4.69, 9.17) is 0 Å². The van der Waals surface area contributed by atoms with Gasteiger partial charge in [-0.3, -0.25) is 0 Å². The smallest absolute Gasteiger partial charge is 0.0541 e. The lowest BCUT2D eigenvalue weighted by atomic mass is 9.92. The Balaban J connectivity index is 0.984. The fraction of sp³-hybridized carbons (Fsp3) is 0.0333. The van der Waals surface area contributed by atoms with E-state index in [9.17, 15) is 0 Å². The summed E-state index contributed by atoms with van der Waals surface area (Å²) < 4.78 is 6.54. The van der Waals surface area contributed by atoms with Gasteiger partial charge in [0.1, 0.15) is 0 Å². The maximum absolute atomic E-state index is 2.49. The molecule has 0 saturated carbocycles. The fourth-order valence-corrected chi connectivity index (χ4v) is 13.3. The Morgan fingerprint density at radius 3 is 1.62 bits per heavy atom. The summed E-state index contributed by atoms with van der Waals surface area (Å²) in [6, 6.07) is 70.7. The van der Waals surface area contributed by atoms with E-state index < -0.39 is 0 Å². The summed E-state index contributed by atoms with van der Waals surface area (Å²) in [4.78, 5) is 1.51. The van der Waals surface area contributed by atoms with Crippen molar-refractivity contribution >= 4 is 113 Å². The van der Waals surface area contributed by atoms with Gasteiger partial charge in [-0.15, -0.1) is 22.7 Å². The van der Waals surface area contributed by atoms with Gasteiger partial charge in [-0.2, -0.15) is 0 Å². The molecule has 0 unspecified atom stereocenters. The van der Waals surface area contributed by atoms with Gasteiger partial charge < -0.3 is 4.57 Å². The van der Waals surface area contributed by atoms with Crippen molar-refractivity contribution < 1.29 is 0 Å². The molecule has 1 aliphatic carbocycles. The Labute approximate surface area is 372 Å². The number of nitrogens with zero attached hydrogens (tertiary/aromatic N) is 1. The van der Waals surface area contributed by atoms with Crippen LogP contribution in [0.15, 0.2) is 194 Å². The Kier molecular flexibility index (Phi) is 7.62. The highest BCUT2D eigenvalue weighted by Gasteiger charge is 2.20. The second-order valence-electron chi connectivity index (χ2n) is 17.0. The van der Waals surface area contributed by atoms with Gasteiger partial charge in [-0.05, 0) is 133 Å². The van der Waals surface area contributed by atoms with E-state index in [1.807, 2.05) is 22.7 Å². The lowest BCUT2D eigenvalue weighted by molar-refractivity contribution is 1.02. The highest BCUT2D eigenvalue weighted by Crippen LogP contribution is 2.45. The van der Waals surface area contributed by atoms with Gasteiger partial charge in [0.25, 0.3) is 0 Å². The Morgan fingerprint density at radius 1 is 0.365 bits per heavy atom. The third-order valence-electron chi connectivity index (χ3n) is 13.6. The summed E-state index contributed by atoms with van der Waals surface area (Å²) >= 11 is 3.88. The van der Waals surface area contributed by atoms with Crippen molar-refractivity contribution in [2.45, 2.75) is 12.8 Å². The molecule has 14 rings (SSSR count). The minimum atomic E-state index is 1.12. The third kappa shape index (κ3) is 5.28. The normalized spacial score (nSPS) is 12.9. The molecule has 1 aliphatic rings. The first-order chi connectivity index (χ1) is 31.2. The number of thiophene rings is 2. The maximum atomic E-state index is 2.49. The topological polar surface area (TPSA) is 4.93 Å². The minimum Gasteiger partial charge on any atom is -0.309 e. The van der Waals surface area contributed by atoms with Crippen molar-refractivity contribution in [3.05, 3.63) is 205 Å². The van der Waals surface area contributed by atoms with E-state index >= 15 is 0 Å². The van der Waals surface area contributed by atoms with E-state index in [1.54, 1.807) is 0 Å². The standard InChI is InChI=1S/C60H37NS2/c1-2-16-45-43(14-1)44-15-3-4-17-46(44)52-33-37(26-29-47(45)52)36-12-9-13-40(32-36)61-55-30-27-38(41-20-10-22-50-48-18-5-7-24-57(48)62-59(41)50)34-53(55)54-35-39(28-31-56(54)61)42-21-11-23-51-49-19-6-8-25-58(49)63-60(42)51/h1-7,9-24,26-35H,8,25H2. The van der Waals surface area contributed by atoms with Crippen molar-refractivity contribution in [1.82, 2.24) is 4.57 Å². The predicted molar refractivity (Wildman–Crippen MR) is 275 cm³/mol. The first-order valence-electron chi connectivity index (χ1n) is 21.9. The summed E-state index contributed by atoms with van der Waals surface area (Å²) in [6.07, 6.45) is 6.91. The van der Waals surface area contributed by atoms with Crippen molar-refractivity contribution in [3.63, 3.8) is 0 Å². The van der Waals surface area contributed by atoms with Crippen LogP contribution in [0.1, 0.15) is 16.9 Å². The number of rotatable bonds is 4. The second kappa shape index (κ2) is 13.6. The molecule has 10 aromatic carbocycles. The highest BCUT2D eigenvalue weighted by atomic mass is 32.1. The molecule has 0 spiro atoms. The number of hydrogen-bond donors (Lipinski definition) is 0. The molecule has 294 valence electrons. The van der Waals surface area contributed by atoms with Gasteiger partial charge in [0.2, 0.25) is 0 Å². The van der Waals surface area contributed by atoms with Crippen molar-refractivity contribution in [1.29, 1.82) is 0 Å². The molecule has 0 atom stereocenters. The number of allylic oxidation sites excluding steroid dienone is 1. The molecule has 3 heterocycles. The summed E-state index contributed by atoms with van der Waals surface area (Å²) in [6.45, 7) is 0. The minimum absolute atomic E-state index is 1.12. The zero-order valence-corrected chi connectivity index (χ0v) is 35.9. The summed E-state index contributed by atoms with van der Waals surface area (Å²) in [7, 11) is 0. The van der Waals surface area contributed by atoms with Crippen molar-refractivity contribution in [3.8, 4) is 39.1 Å². The van der Waals surface area contributed by atoms with Crippen molar-refractivity contribution in [2.24, 2.45) is 0 Å². The average Bonchev–Trinajstić information content (AvgIpc) is 4.03. The number of aryl methyl sites for hydroxylation is 1. The molecule has 3 heteroatoms. The summed E-state index contributed by atoms with van der Waals surface area (Å²) in [5.74, 6) is 0. The number of hydrogen-bond acceptors (Lipinski definition) is 2. The van der Waals surface area contributed by atoms with Gasteiger partial charge in [0.15, 0.2) is 0 Å². The van der Waals surface area contributed by atoms with Gasteiger partial charge >= 0.3 is 0 Å². The lowest BCUT2D eigenvalue weighted by Gasteiger charge is -2.13. The Morgan fingerprint density at radius 2 is 0.905 bits per heavy atom. The van der Waals surface area contributed by atoms with Crippen LogP contribution >= 0.6 is 22.7 Å². The predicted octanol–water partition coefficient (Wildman–Crippen LogP) is 17.8. The maximum Gasteiger partial charge on any atom is 0.0541 e. The van der Waals surface area contributed by atoms with Gasteiger partial charge in [0, 0.05) is 51.6 Å². The van der Waals surface area contributed by atoms with Crippen LogP contribution in [0.3, 0.4) is 0 Å². The zero-order valence-electron chi connectivity index (χ0n) is 34.2. The fourth-order valence-electron chi connectivity index (χ4n) is 10.7. The van der Waals surface area contributed by atoms with E-state index in [1.165, 1.54) is 128 Å². The Hall–Kier alpha value is -7.30. The average molecular weight is 836 g/mol. The molecule has 0 bridgehead atoms. The van der Waals surface area contributed by atoms with Crippen LogP contribution in [0.4, 0.5) is 0 Å². The van der Waals surface area contributed by atoms with Gasteiger partial charge in [-0.1, -0.05) is 152 Å². The summed E-state index contributed by atoms with van der Waals surface area (Å²) in [5.41, 5.74) is 12.5. The molecule has 1 nitrogen and oxygen atoms in total. The third-order valence-corrected chi connectivity index (χ3v) is 16.2. The van der Waals surface area contributed by atoms with Crippen LogP contribution in [0.2, 0.25) is 0 Å². The van der Waals surface area contributed by atoms with E-state index in [0.29, 0.717) is 0 Å². The van der Waals surface area contributed by atoms with Gasteiger partial charge in [0.05, 0.1) is 11.0 Å². The molecule has 13 aromatic rings. The number of fused-ring (bicyclic) bond motifs is 15. The molecule has 0 saturated heterocycles. The molecule has 0 radical (unpaired) electrons. The molecule has 0 amide bonds. The first kappa shape index (κ1) is 35.3. The van der Waals surface area contributed by atoms with Crippen LogP contribution in [0.5, 0.6) is 0 Å². The van der Waals surface area contributed by atoms with Crippen LogP contribution in [0.25, 0.3) is 130 Å². The van der Waals surface area contributed by atoms with Crippen LogP contribution in [-0.4, -0.2) is 4.57 Å². The Bertz CT molecular complexity index is 4060. The zero-order chi connectivity index (χ0) is 41.2. The molecular weight excluding hydrogens is 799 g/mol. The van der Waals surface area contributed by atoms with Crippen molar-refractivity contribution in [2.75, 3.05) is 0 Å². The molecule has 0 N–H and O–H groups in total. The second-order valence-corrected chi connectivity index (χ2v) is 19.2. The van der Waals surface area contributed by atoms with Gasteiger partial charge in [-0.25, -0.2) is 0 Å². The summed E-state index contributed by atoms with van der Waals surface area (Å²) in [5, 5.41) is 14.3. The number of benzene rings is 10. The molecule has 3 aromatic heterocycles.